The molecular formula is C21H27N3S. The van der Waals surface area contributed by atoms with Gasteiger partial charge in [-0.25, -0.2) is 0 Å². The molecule has 0 amide bonds. The summed E-state index contributed by atoms with van der Waals surface area (Å²) in [5.74, 6) is 1.15. The van der Waals surface area contributed by atoms with E-state index >= 15 is 0 Å². The lowest BCUT2D eigenvalue weighted by molar-refractivity contribution is 0.395. The molecule has 3 aromatic rings. The number of benzene rings is 1. The summed E-state index contributed by atoms with van der Waals surface area (Å²) in [6, 6.07) is 13.0. The van der Waals surface area contributed by atoms with Gasteiger partial charge in [0.2, 0.25) is 0 Å². The lowest BCUT2D eigenvalue weighted by Gasteiger charge is -2.11. The zero-order valence-electron chi connectivity index (χ0n) is 15.4. The molecule has 3 nitrogen and oxygen atoms in total. The highest BCUT2D eigenvalue weighted by atomic mass is 32.2. The SMILES string of the molecule is CCCSc1cc(CN(C)C)n2ccnc(CCc3ccccc3)c12. The van der Waals surface area contributed by atoms with Crippen molar-refractivity contribution in [3.05, 3.63) is 65.7 Å². The first-order valence-corrected chi connectivity index (χ1v) is 9.97. The molecule has 132 valence electrons. The summed E-state index contributed by atoms with van der Waals surface area (Å²) in [5.41, 5.74) is 5.21. The predicted octanol–water partition coefficient (Wildman–Crippen LogP) is 4.68. The maximum Gasteiger partial charge on any atom is 0.0807 e. The standard InChI is InChI=1S/C21H27N3S/c1-4-14-25-20-15-18(16-23(2)3)24-13-12-22-19(21(20)24)11-10-17-8-6-5-7-9-17/h5-9,12-13,15H,4,10-11,14,16H2,1-3H3. The van der Waals surface area contributed by atoms with Gasteiger partial charge in [-0.2, -0.15) is 0 Å². The third-order valence-electron chi connectivity index (χ3n) is 4.23. The lowest BCUT2D eigenvalue weighted by Crippen LogP contribution is -2.12. The van der Waals surface area contributed by atoms with Crippen LogP contribution in [0.4, 0.5) is 0 Å². The summed E-state index contributed by atoms with van der Waals surface area (Å²) in [4.78, 5) is 8.33. The van der Waals surface area contributed by atoms with Crippen molar-refractivity contribution in [1.29, 1.82) is 0 Å². The van der Waals surface area contributed by atoms with Gasteiger partial charge in [0.05, 0.1) is 11.2 Å². The molecule has 25 heavy (non-hydrogen) atoms. The van der Waals surface area contributed by atoms with Crippen LogP contribution < -0.4 is 0 Å². The fraction of sp³-hybridized carbons (Fsp3) is 0.381. The molecule has 0 bridgehead atoms. The second-order valence-electron chi connectivity index (χ2n) is 6.66. The minimum Gasteiger partial charge on any atom is -0.315 e. The Labute approximate surface area is 155 Å². The number of nitrogens with zero attached hydrogens (tertiary/aromatic N) is 3. The van der Waals surface area contributed by atoms with E-state index in [0.29, 0.717) is 0 Å². The zero-order chi connectivity index (χ0) is 17.6. The maximum atomic E-state index is 4.74. The van der Waals surface area contributed by atoms with Gasteiger partial charge in [-0.05, 0) is 50.7 Å². The number of fused-ring (bicyclic) bond motifs is 1. The Kier molecular flexibility index (Phi) is 6.16. The van der Waals surface area contributed by atoms with Gasteiger partial charge in [-0.3, -0.25) is 4.98 Å². The summed E-state index contributed by atoms with van der Waals surface area (Å²) >= 11 is 1.95. The van der Waals surface area contributed by atoms with Crippen molar-refractivity contribution in [2.45, 2.75) is 37.6 Å². The van der Waals surface area contributed by atoms with Gasteiger partial charge < -0.3 is 9.30 Å². The average Bonchev–Trinajstić information content (AvgIpc) is 2.97. The Morgan fingerprint density at radius 1 is 1.12 bits per heavy atom. The number of hydrogen-bond acceptors (Lipinski definition) is 3. The van der Waals surface area contributed by atoms with Crippen molar-refractivity contribution in [3.63, 3.8) is 0 Å². The molecule has 0 saturated carbocycles. The molecule has 0 fully saturated rings. The van der Waals surface area contributed by atoms with E-state index in [2.05, 4.69) is 72.9 Å². The molecule has 2 aromatic heterocycles. The van der Waals surface area contributed by atoms with Gasteiger partial charge in [-0.1, -0.05) is 37.3 Å². The van der Waals surface area contributed by atoms with E-state index < -0.39 is 0 Å². The van der Waals surface area contributed by atoms with Crippen molar-refractivity contribution in [2.24, 2.45) is 0 Å². The van der Waals surface area contributed by atoms with Crippen molar-refractivity contribution >= 4 is 17.3 Å². The van der Waals surface area contributed by atoms with Crippen LogP contribution in [0.15, 0.2) is 53.7 Å². The molecule has 0 atom stereocenters. The van der Waals surface area contributed by atoms with Crippen LogP contribution in [0.1, 0.15) is 30.3 Å². The van der Waals surface area contributed by atoms with Crippen molar-refractivity contribution < 1.29 is 0 Å². The second-order valence-corrected chi connectivity index (χ2v) is 7.80. The van der Waals surface area contributed by atoms with Crippen molar-refractivity contribution in [2.75, 3.05) is 19.8 Å². The van der Waals surface area contributed by atoms with E-state index in [9.17, 15) is 0 Å². The molecule has 1 aromatic carbocycles. The minimum absolute atomic E-state index is 0.940. The van der Waals surface area contributed by atoms with E-state index in [1.54, 1.807) is 0 Å². The first kappa shape index (κ1) is 18.0. The van der Waals surface area contributed by atoms with Gasteiger partial charge in [0.15, 0.2) is 0 Å². The molecular weight excluding hydrogens is 326 g/mol. The maximum absolute atomic E-state index is 4.74. The van der Waals surface area contributed by atoms with Crippen LogP contribution in [0.3, 0.4) is 0 Å². The summed E-state index contributed by atoms with van der Waals surface area (Å²) in [7, 11) is 4.24. The number of hydrogen-bond donors (Lipinski definition) is 0. The van der Waals surface area contributed by atoms with Gasteiger partial charge in [-0.15, -0.1) is 11.8 Å². The van der Waals surface area contributed by atoms with E-state index in [1.165, 1.54) is 33.8 Å². The molecule has 0 spiro atoms. The van der Waals surface area contributed by atoms with Crippen LogP contribution in [0, 0.1) is 0 Å². The third-order valence-corrected chi connectivity index (χ3v) is 5.47. The van der Waals surface area contributed by atoms with Crippen molar-refractivity contribution in [1.82, 2.24) is 14.3 Å². The molecule has 0 aliphatic heterocycles. The highest BCUT2D eigenvalue weighted by molar-refractivity contribution is 7.99. The van der Waals surface area contributed by atoms with Crippen LogP contribution in [-0.4, -0.2) is 34.1 Å². The van der Waals surface area contributed by atoms with E-state index in [0.717, 1.165) is 25.1 Å². The first-order valence-electron chi connectivity index (χ1n) is 8.98. The van der Waals surface area contributed by atoms with E-state index in [4.69, 9.17) is 4.98 Å². The molecule has 4 heteroatoms. The molecule has 0 saturated heterocycles. The summed E-state index contributed by atoms with van der Waals surface area (Å²) in [6.45, 7) is 3.18. The van der Waals surface area contributed by atoms with Crippen LogP contribution in [0.2, 0.25) is 0 Å². The summed E-state index contributed by atoms with van der Waals surface area (Å²) in [5, 5.41) is 0. The Balaban J connectivity index is 1.95. The molecule has 0 unspecified atom stereocenters. The number of aryl methyl sites for hydroxylation is 2. The molecule has 0 N–H and O–H groups in total. The lowest BCUT2D eigenvalue weighted by atomic mass is 10.1. The fourth-order valence-corrected chi connectivity index (χ4v) is 4.11. The molecule has 0 radical (unpaired) electrons. The number of thioether (sulfide) groups is 1. The first-order chi connectivity index (χ1) is 12.2. The predicted molar refractivity (Wildman–Crippen MR) is 107 cm³/mol. The van der Waals surface area contributed by atoms with Gasteiger partial charge >= 0.3 is 0 Å². The van der Waals surface area contributed by atoms with Crippen LogP contribution >= 0.6 is 11.8 Å². The normalized spacial score (nSPS) is 11.5. The zero-order valence-corrected chi connectivity index (χ0v) is 16.2. The molecule has 2 heterocycles. The summed E-state index contributed by atoms with van der Waals surface area (Å²) < 4.78 is 2.34. The van der Waals surface area contributed by atoms with E-state index in [1.807, 2.05) is 18.0 Å². The van der Waals surface area contributed by atoms with Crippen molar-refractivity contribution in [3.8, 4) is 0 Å². The number of rotatable bonds is 8. The smallest absolute Gasteiger partial charge is 0.0807 e. The minimum atomic E-state index is 0.940. The van der Waals surface area contributed by atoms with Crippen LogP contribution in [0.5, 0.6) is 0 Å². The fourth-order valence-electron chi connectivity index (χ4n) is 3.11. The molecule has 3 rings (SSSR count). The Morgan fingerprint density at radius 3 is 2.64 bits per heavy atom. The average molecular weight is 354 g/mol. The topological polar surface area (TPSA) is 20.5 Å². The Morgan fingerprint density at radius 2 is 1.92 bits per heavy atom. The van der Waals surface area contributed by atoms with Gasteiger partial charge in [0, 0.05) is 29.5 Å². The number of aromatic nitrogens is 2. The highest BCUT2D eigenvalue weighted by Crippen LogP contribution is 2.30. The monoisotopic (exact) mass is 353 g/mol. The van der Waals surface area contributed by atoms with E-state index in [-0.39, 0.29) is 0 Å². The van der Waals surface area contributed by atoms with Gasteiger partial charge in [0.25, 0.3) is 0 Å². The van der Waals surface area contributed by atoms with Crippen LogP contribution in [-0.2, 0) is 19.4 Å². The Hall–Kier alpha value is -1.78. The molecule has 0 aliphatic rings. The molecule has 0 aliphatic carbocycles. The highest BCUT2D eigenvalue weighted by Gasteiger charge is 2.14. The second kappa shape index (κ2) is 8.54. The van der Waals surface area contributed by atoms with Gasteiger partial charge in [0.1, 0.15) is 0 Å². The third kappa shape index (κ3) is 4.44. The Bertz CT molecular complexity index is 809. The summed E-state index contributed by atoms with van der Waals surface area (Å²) in [6.07, 6.45) is 7.24. The largest absolute Gasteiger partial charge is 0.315 e. The van der Waals surface area contributed by atoms with Crippen LogP contribution in [0.25, 0.3) is 5.52 Å². The quantitative estimate of drug-likeness (QED) is 0.548.